The summed E-state index contributed by atoms with van der Waals surface area (Å²) in [6.07, 6.45) is 8.89. The second-order valence-corrected chi connectivity index (χ2v) is 6.47. The van der Waals surface area contributed by atoms with E-state index >= 15 is 0 Å². The lowest BCUT2D eigenvalue weighted by Gasteiger charge is -2.53. The second-order valence-electron chi connectivity index (χ2n) is 6.47. The zero-order chi connectivity index (χ0) is 13.4. The normalized spacial score (nSPS) is 41.2. The SMILES string of the molecule is C/C=C/C(C#N)OC(=O)C1C2CC3CC(C2)CC1C3. The number of hydrogen-bond donors (Lipinski definition) is 0. The molecule has 0 N–H and O–H groups in total. The minimum Gasteiger partial charge on any atom is -0.442 e. The molecule has 4 fully saturated rings. The Morgan fingerprint density at radius 1 is 1.21 bits per heavy atom. The fourth-order valence-corrected chi connectivity index (χ4v) is 4.80. The molecular weight excluding hydrogens is 238 g/mol. The number of esters is 1. The molecular formula is C16H21NO2. The number of allylic oxidation sites excluding steroid dienone is 1. The van der Waals surface area contributed by atoms with Crippen LogP contribution < -0.4 is 0 Å². The van der Waals surface area contributed by atoms with Crippen LogP contribution >= 0.6 is 0 Å². The first-order chi connectivity index (χ1) is 9.21. The van der Waals surface area contributed by atoms with E-state index in [0.717, 1.165) is 11.8 Å². The molecule has 1 atom stereocenters. The lowest BCUT2D eigenvalue weighted by Crippen LogP contribution is -2.48. The van der Waals surface area contributed by atoms with E-state index in [-0.39, 0.29) is 11.9 Å². The predicted octanol–water partition coefficient (Wildman–Crippen LogP) is 3.07. The van der Waals surface area contributed by atoms with Gasteiger partial charge in [-0.15, -0.1) is 0 Å². The number of ether oxygens (including phenoxy) is 1. The van der Waals surface area contributed by atoms with Crippen molar-refractivity contribution in [3.63, 3.8) is 0 Å². The molecule has 4 aliphatic rings. The zero-order valence-electron chi connectivity index (χ0n) is 11.4. The van der Waals surface area contributed by atoms with E-state index in [0.29, 0.717) is 11.8 Å². The molecule has 4 saturated carbocycles. The van der Waals surface area contributed by atoms with Gasteiger partial charge in [0, 0.05) is 0 Å². The standard InChI is InChI=1S/C16H21NO2/c1-2-3-14(9-17)19-16(18)15-12-5-10-4-11(7-12)8-13(15)6-10/h2-3,10-15H,4-8H2,1H3/b3-2+. The van der Waals surface area contributed by atoms with Gasteiger partial charge in [-0.3, -0.25) is 4.79 Å². The van der Waals surface area contributed by atoms with Crippen molar-refractivity contribution in [2.75, 3.05) is 0 Å². The highest BCUT2D eigenvalue weighted by molar-refractivity contribution is 5.74. The van der Waals surface area contributed by atoms with Crippen LogP contribution in [-0.2, 0) is 9.53 Å². The smallest absolute Gasteiger partial charge is 0.311 e. The van der Waals surface area contributed by atoms with Crippen LogP contribution in [0, 0.1) is 40.9 Å². The number of hydrogen-bond acceptors (Lipinski definition) is 3. The number of rotatable bonds is 3. The maximum Gasteiger partial charge on any atom is 0.311 e. The van der Waals surface area contributed by atoms with Gasteiger partial charge in [-0.1, -0.05) is 6.08 Å². The van der Waals surface area contributed by atoms with Crippen molar-refractivity contribution in [1.29, 1.82) is 5.26 Å². The number of nitrogens with zero attached hydrogens (tertiary/aromatic N) is 1. The van der Waals surface area contributed by atoms with Crippen LogP contribution in [0.3, 0.4) is 0 Å². The lowest BCUT2D eigenvalue weighted by molar-refractivity contribution is -0.163. The average Bonchev–Trinajstić information content (AvgIpc) is 2.36. The van der Waals surface area contributed by atoms with Crippen LogP contribution in [0.15, 0.2) is 12.2 Å². The minimum atomic E-state index is -0.713. The van der Waals surface area contributed by atoms with Crippen LogP contribution in [0.4, 0.5) is 0 Å². The van der Waals surface area contributed by atoms with Crippen molar-refractivity contribution in [1.82, 2.24) is 0 Å². The summed E-state index contributed by atoms with van der Waals surface area (Å²) in [7, 11) is 0. The molecule has 4 bridgehead atoms. The average molecular weight is 259 g/mol. The molecule has 102 valence electrons. The van der Waals surface area contributed by atoms with Crippen molar-refractivity contribution in [2.24, 2.45) is 29.6 Å². The van der Waals surface area contributed by atoms with E-state index in [2.05, 4.69) is 0 Å². The summed E-state index contributed by atoms with van der Waals surface area (Å²) >= 11 is 0. The summed E-state index contributed by atoms with van der Waals surface area (Å²) < 4.78 is 5.38. The number of carbonyl (C=O) groups excluding carboxylic acids is 1. The van der Waals surface area contributed by atoms with Crippen molar-refractivity contribution in [3.05, 3.63) is 12.2 Å². The highest BCUT2D eigenvalue weighted by Crippen LogP contribution is 2.56. The summed E-state index contributed by atoms with van der Waals surface area (Å²) in [4.78, 5) is 12.4. The van der Waals surface area contributed by atoms with Gasteiger partial charge in [0.25, 0.3) is 0 Å². The summed E-state index contributed by atoms with van der Waals surface area (Å²) in [5.74, 6) is 2.69. The van der Waals surface area contributed by atoms with E-state index in [4.69, 9.17) is 10.00 Å². The van der Waals surface area contributed by atoms with Gasteiger partial charge in [-0.2, -0.15) is 5.26 Å². The van der Waals surface area contributed by atoms with Crippen molar-refractivity contribution >= 4 is 5.97 Å². The van der Waals surface area contributed by atoms with Gasteiger partial charge in [0.2, 0.25) is 6.10 Å². The predicted molar refractivity (Wildman–Crippen MR) is 70.8 cm³/mol. The molecule has 19 heavy (non-hydrogen) atoms. The first kappa shape index (κ1) is 12.7. The molecule has 0 heterocycles. The van der Waals surface area contributed by atoms with Gasteiger partial charge in [0.1, 0.15) is 6.07 Å². The quantitative estimate of drug-likeness (QED) is 0.578. The summed E-state index contributed by atoms with van der Waals surface area (Å²) in [6, 6.07) is 2.03. The van der Waals surface area contributed by atoms with Crippen LogP contribution in [0.2, 0.25) is 0 Å². The third-order valence-corrected chi connectivity index (χ3v) is 5.24. The van der Waals surface area contributed by atoms with Gasteiger partial charge < -0.3 is 4.74 Å². The Bertz CT molecular complexity index is 407. The molecule has 4 rings (SSSR count). The van der Waals surface area contributed by atoms with Crippen molar-refractivity contribution in [2.45, 2.75) is 45.1 Å². The van der Waals surface area contributed by atoms with Crippen LogP contribution in [-0.4, -0.2) is 12.1 Å². The summed E-state index contributed by atoms with van der Waals surface area (Å²) in [6.45, 7) is 1.83. The highest BCUT2D eigenvalue weighted by atomic mass is 16.5. The van der Waals surface area contributed by atoms with Crippen LogP contribution in [0.1, 0.15) is 39.0 Å². The molecule has 0 spiro atoms. The van der Waals surface area contributed by atoms with Gasteiger partial charge in [0.05, 0.1) is 5.92 Å². The van der Waals surface area contributed by atoms with E-state index in [1.807, 2.05) is 13.0 Å². The molecule has 3 nitrogen and oxygen atoms in total. The fraction of sp³-hybridized carbons (Fsp3) is 0.750. The monoisotopic (exact) mass is 259 g/mol. The first-order valence-corrected chi connectivity index (χ1v) is 7.44. The minimum absolute atomic E-state index is 0.0638. The Hall–Kier alpha value is -1.30. The van der Waals surface area contributed by atoms with Crippen molar-refractivity contribution in [3.8, 4) is 6.07 Å². The molecule has 0 aliphatic heterocycles. The molecule has 0 aromatic heterocycles. The number of carbonyl (C=O) groups is 1. The maximum absolute atomic E-state index is 12.4. The van der Waals surface area contributed by atoms with Gasteiger partial charge in [-0.05, 0) is 68.8 Å². The van der Waals surface area contributed by atoms with Gasteiger partial charge in [0.15, 0.2) is 0 Å². The largest absolute Gasteiger partial charge is 0.442 e. The van der Waals surface area contributed by atoms with Gasteiger partial charge in [-0.25, -0.2) is 0 Å². The Labute approximate surface area is 114 Å². The molecule has 0 radical (unpaired) electrons. The second kappa shape index (κ2) is 5.00. The molecule has 0 aromatic carbocycles. The highest BCUT2D eigenvalue weighted by Gasteiger charge is 2.51. The van der Waals surface area contributed by atoms with E-state index in [9.17, 15) is 4.79 Å². The van der Waals surface area contributed by atoms with Gasteiger partial charge >= 0.3 is 5.97 Å². The third-order valence-electron chi connectivity index (χ3n) is 5.24. The Morgan fingerprint density at radius 3 is 2.26 bits per heavy atom. The van der Waals surface area contributed by atoms with E-state index in [1.54, 1.807) is 12.2 Å². The molecule has 3 heteroatoms. The Kier molecular flexibility index (Phi) is 3.35. The first-order valence-electron chi connectivity index (χ1n) is 7.44. The Balaban J connectivity index is 1.69. The van der Waals surface area contributed by atoms with Crippen LogP contribution in [0.5, 0.6) is 0 Å². The lowest BCUT2D eigenvalue weighted by atomic mass is 9.52. The Morgan fingerprint density at radius 2 is 1.79 bits per heavy atom. The molecule has 0 amide bonds. The molecule has 1 unspecified atom stereocenters. The third kappa shape index (κ3) is 2.29. The maximum atomic E-state index is 12.4. The van der Waals surface area contributed by atoms with Crippen molar-refractivity contribution < 1.29 is 9.53 Å². The zero-order valence-corrected chi connectivity index (χ0v) is 11.4. The fourth-order valence-electron chi connectivity index (χ4n) is 4.80. The topological polar surface area (TPSA) is 50.1 Å². The van der Waals surface area contributed by atoms with E-state index < -0.39 is 6.10 Å². The number of nitriles is 1. The molecule has 0 saturated heterocycles. The summed E-state index contributed by atoms with van der Waals surface area (Å²) in [5, 5.41) is 8.98. The van der Waals surface area contributed by atoms with Crippen LogP contribution in [0.25, 0.3) is 0 Å². The molecule has 4 aliphatic carbocycles. The summed E-state index contributed by atoms with van der Waals surface area (Å²) in [5.41, 5.74) is 0. The van der Waals surface area contributed by atoms with E-state index in [1.165, 1.54) is 32.1 Å². The molecule has 0 aromatic rings.